The summed E-state index contributed by atoms with van der Waals surface area (Å²) in [5, 5.41) is 5.59. The molecular formula is C17H29N5O2S. The molecule has 1 aromatic rings. The van der Waals surface area contributed by atoms with Crippen molar-refractivity contribution in [1.82, 2.24) is 15.2 Å². The van der Waals surface area contributed by atoms with Gasteiger partial charge in [0.1, 0.15) is 0 Å². The van der Waals surface area contributed by atoms with Crippen LogP contribution in [0.25, 0.3) is 0 Å². The SMILES string of the molecule is Nc1nc(CCNC(=O)[C@@H]2CC[C@H](N)CN(C3CCOCC3)C2)cs1. The number of nitrogens with one attached hydrogen (secondary N) is 1. The monoisotopic (exact) mass is 367 g/mol. The average molecular weight is 368 g/mol. The molecule has 7 nitrogen and oxygen atoms in total. The fourth-order valence-electron chi connectivity index (χ4n) is 3.71. The van der Waals surface area contributed by atoms with Gasteiger partial charge in [-0.05, 0) is 25.7 Å². The Labute approximate surface area is 153 Å². The highest BCUT2D eigenvalue weighted by Gasteiger charge is 2.31. The number of aromatic nitrogens is 1. The first kappa shape index (κ1) is 18.6. The van der Waals surface area contributed by atoms with E-state index in [-0.39, 0.29) is 17.9 Å². The molecule has 0 aromatic carbocycles. The van der Waals surface area contributed by atoms with Crippen molar-refractivity contribution in [2.24, 2.45) is 11.7 Å². The van der Waals surface area contributed by atoms with E-state index >= 15 is 0 Å². The molecule has 0 aliphatic carbocycles. The smallest absolute Gasteiger partial charge is 0.224 e. The molecule has 2 saturated heterocycles. The number of carbonyl (C=O) groups is 1. The van der Waals surface area contributed by atoms with E-state index in [2.05, 4.69) is 15.2 Å². The number of thiazole rings is 1. The summed E-state index contributed by atoms with van der Waals surface area (Å²) in [5.41, 5.74) is 12.8. The van der Waals surface area contributed by atoms with E-state index in [1.807, 2.05) is 5.38 Å². The minimum atomic E-state index is 0.0110. The van der Waals surface area contributed by atoms with E-state index < -0.39 is 0 Å². The number of nitrogens with zero attached hydrogens (tertiary/aromatic N) is 2. The van der Waals surface area contributed by atoms with Gasteiger partial charge in [-0.3, -0.25) is 9.69 Å². The summed E-state index contributed by atoms with van der Waals surface area (Å²) in [5.74, 6) is 0.145. The molecule has 5 N–H and O–H groups in total. The van der Waals surface area contributed by atoms with E-state index in [1.165, 1.54) is 11.3 Å². The van der Waals surface area contributed by atoms with Crippen LogP contribution in [-0.4, -0.2) is 60.7 Å². The number of hydrogen-bond donors (Lipinski definition) is 3. The standard InChI is InChI=1S/C17H29N5O2S/c18-13-2-1-12(9-22(10-13)15-4-7-24-8-5-15)16(23)20-6-3-14-11-25-17(19)21-14/h11-13,15H,1-10,18H2,(H2,19,21)(H,20,23)/t12-,13+/m1/s1. The summed E-state index contributed by atoms with van der Waals surface area (Å²) >= 11 is 1.43. The Morgan fingerprint density at radius 1 is 1.32 bits per heavy atom. The van der Waals surface area contributed by atoms with Gasteiger partial charge in [0.05, 0.1) is 11.6 Å². The lowest BCUT2D eigenvalue weighted by molar-refractivity contribution is -0.125. The molecular weight excluding hydrogens is 338 g/mol. The molecule has 3 rings (SSSR count). The lowest BCUT2D eigenvalue weighted by Crippen LogP contribution is -2.47. The second-order valence-electron chi connectivity index (χ2n) is 7.05. The molecule has 3 heterocycles. The zero-order valence-electron chi connectivity index (χ0n) is 14.7. The molecule has 1 amide bonds. The van der Waals surface area contributed by atoms with Crippen LogP contribution in [0, 0.1) is 5.92 Å². The zero-order chi connectivity index (χ0) is 17.6. The third-order valence-electron chi connectivity index (χ3n) is 5.14. The molecule has 2 aliphatic heterocycles. The largest absolute Gasteiger partial charge is 0.381 e. The van der Waals surface area contributed by atoms with Gasteiger partial charge in [-0.1, -0.05) is 0 Å². The van der Waals surface area contributed by atoms with Gasteiger partial charge in [0.25, 0.3) is 0 Å². The molecule has 1 aromatic heterocycles. The predicted molar refractivity (Wildman–Crippen MR) is 99.4 cm³/mol. The Morgan fingerprint density at radius 2 is 2.12 bits per heavy atom. The quantitative estimate of drug-likeness (QED) is 0.704. The molecule has 0 spiro atoms. The fourth-order valence-corrected chi connectivity index (χ4v) is 4.31. The van der Waals surface area contributed by atoms with Crippen molar-refractivity contribution in [3.8, 4) is 0 Å². The molecule has 0 radical (unpaired) electrons. The summed E-state index contributed by atoms with van der Waals surface area (Å²) in [6.07, 6.45) is 4.55. The number of carbonyl (C=O) groups excluding carboxylic acids is 1. The molecule has 0 saturated carbocycles. The fraction of sp³-hybridized carbons (Fsp3) is 0.765. The van der Waals surface area contributed by atoms with Crippen LogP contribution < -0.4 is 16.8 Å². The van der Waals surface area contributed by atoms with Crippen molar-refractivity contribution in [1.29, 1.82) is 0 Å². The van der Waals surface area contributed by atoms with Crippen LogP contribution >= 0.6 is 11.3 Å². The maximum Gasteiger partial charge on any atom is 0.224 e. The number of amides is 1. The Hall–Kier alpha value is -1.22. The third-order valence-corrected chi connectivity index (χ3v) is 5.86. The van der Waals surface area contributed by atoms with Crippen LogP contribution in [0.5, 0.6) is 0 Å². The first-order valence-electron chi connectivity index (χ1n) is 9.17. The molecule has 2 aliphatic rings. The molecule has 2 atom stereocenters. The van der Waals surface area contributed by atoms with Crippen molar-refractivity contribution in [2.45, 2.75) is 44.2 Å². The van der Waals surface area contributed by atoms with Crippen LogP contribution in [0.3, 0.4) is 0 Å². The lowest BCUT2D eigenvalue weighted by atomic mass is 10.0. The van der Waals surface area contributed by atoms with E-state index in [0.717, 1.165) is 64.1 Å². The highest BCUT2D eigenvalue weighted by molar-refractivity contribution is 7.13. The number of rotatable bonds is 5. The molecule has 140 valence electrons. The predicted octanol–water partition coefficient (Wildman–Crippen LogP) is 0.602. The maximum atomic E-state index is 12.6. The van der Waals surface area contributed by atoms with E-state index in [0.29, 0.717) is 17.7 Å². The third kappa shape index (κ3) is 5.37. The van der Waals surface area contributed by atoms with Gasteiger partial charge in [0, 0.05) is 56.7 Å². The summed E-state index contributed by atoms with van der Waals surface area (Å²) in [7, 11) is 0. The van der Waals surface area contributed by atoms with Crippen molar-refractivity contribution >= 4 is 22.4 Å². The highest BCUT2D eigenvalue weighted by atomic mass is 32.1. The van der Waals surface area contributed by atoms with Gasteiger partial charge in [-0.15, -0.1) is 11.3 Å². The first-order chi connectivity index (χ1) is 12.1. The molecule has 2 fully saturated rings. The normalized spacial score (nSPS) is 26.3. The van der Waals surface area contributed by atoms with Crippen LogP contribution in [0.4, 0.5) is 5.13 Å². The molecule has 25 heavy (non-hydrogen) atoms. The van der Waals surface area contributed by atoms with Gasteiger partial charge in [-0.25, -0.2) is 4.98 Å². The Morgan fingerprint density at radius 3 is 2.84 bits per heavy atom. The van der Waals surface area contributed by atoms with Crippen LogP contribution in [0.1, 0.15) is 31.4 Å². The van der Waals surface area contributed by atoms with Crippen molar-refractivity contribution in [3.63, 3.8) is 0 Å². The highest BCUT2D eigenvalue weighted by Crippen LogP contribution is 2.22. The maximum absolute atomic E-state index is 12.6. The van der Waals surface area contributed by atoms with Crippen LogP contribution in [0.15, 0.2) is 5.38 Å². The second kappa shape index (κ2) is 8.93. The van der Waals surface area contributed by atoms with Gasteiger partial charge >= 0.3 is 0 Å². The molecule has 0 unspecified atom stereocenters. The van der Waals surface area contributed by atoms with Gasteiger partial charge in [0.15, 0.2) is 5.13 Å². The van der Waals surface area contributed by atoms with Crippen molar-refractivity contribution in [3.05, 3.63) is 11.1 Å². The average Bonchev–Trinajstić information content (AvgIpc) is 2.92. The van der Waals surface area contributed by atoms with Gasteiger partial charge in [-0.2, -0.15) is 0 Å². The number of nitrogens with two attached hydrogens (primary N) is 2. The van der Waals surface area contributed by atoms with Gasteiger partial charge < -0.3 is 21.5 Å². The van der Waals surface area contributed by atoms with Crippen molar-refractivity contribution in [2.75, 3.05) is 38.6 Å². The van der Waals surface area contributed by atoms with Crippen molar-refractivity contribution < 1.29 is 9.53 Å². The van der Waals surface area contributed by atoms with E-state index in [9.17, 15) is 4.79 Å². The number of anilines is 1. The summed E-state index contributed by atoms with van der Waals surface area (Å²) in [4.78, 5) is 19.3. The number of hydrogen-bond acceptors (Lipinski definition) is 7. The van der Waals surface area contributed by atoms with Crippen LogP contribution in [-0.2, 0) is 16.0 Å². The summed E-state index contributed by atoms with van der Waals surface area (Å²) in [6, 6.07) is 0.643. The molecule has 0 bridgehead atoms. The van der Waals surface area contributed by atoms with E-state index in [4.69, 9.17) is 16.2 Å². The summed E-state index contributed by atoms with van der Waals surface area (Å²) < 4.78 is 5.47. The topological polar surface area (TPSA) is 106 Å². The first-order valence-corrected chi connectivity index (χ1v) is 10.0. The van der Waals surface area contributed by atoms with Gasteiger partial charge in [0.2, 0.25) is 5.91 Å². The number of nitrogen functional groups attached to an aromatic ring is 1. The van der Waals surface area contributed by atoms with Crippen LogP contribution in [0.2, 0.25) is 0 Å². The second-order valence-corrected chi connectivity index (χ2v) is 7.94. The molecule has 8 heteroatoms. The number of likely N-dealkylation sites (tertiary alicyclic amines) is 1. The number of ether oxygens (including phenoxy) is 1. The Balaban J connectivity index is 1.51. The minimum absolute atomic E-state index is 0.0110. The summed E-state index contributed by atoms with van der Waals surface area (Å²) in [6.45, 7) is 3.90. The Bertz CT molecular complexity index is 561. The van der Waals surface area contributed by atoms with E-state index in [1.54, 1.807) is 0 Å². The Kier molecular flexibility index (Phi) is 6.63. The zero-order valence-corrected chi connectivity index (χ0v) is 15.5. The lowest BCUT2D eigenvalue weighted by Gasteiger charge is -2.35. The minimum Gasteiger partial charge on any atom is -0.381 e.